The first-order chi connectivity index (χ1) is 12.0. The molecule has 1 aliphatic rings. The van der Waals surface area contributed by atoms with Crippen LogP contribution in [0.1, 0.15) is 16.7 Å². The van der Waals surface area contributed by atoms with Gasteiger partial charge in [-0.25, -0.2) is 0 Å². The Balaban J connectivity index is 1.62. The number of methoxy groups -OCH3 is 1. The number of aliphatic hydroxyl groups excluding tert-OH is 1. The molecule has 2 N–H and O–H groups in total. The van der Waals surface area contributed by atoms with Gasteiger partial charge in [-0.05, 0) is 31.0 Å². The van der Waals surface area contributed by atoms with E-state index in [0.29, 0.717) is 19.8 Å². The minimum Gasteiger partial charge on any atom is -0.464 e. The van der Waals surface area contributed by atoms with Crippen LogP contribution in [0.15, 0.2) is 22.8 Å². The fourth-order valence-electron chi connectivity index (χ4n) is 3.46. The van der Waals surface area contributed by atoms with Crippen LogP contribution in [0.5, 0.6) is 0 Å². The number of nitrogens with one attached hydrogen (secondary N) is 1. The van der Waals surface area contributed by atoms with Crippen LogP contribution >= 0.6 is 0 Å². The van der Waals surface area contributed by atoms with E-state index < -0.39 is 6.10 Å². The lowest BCUT2D eigenvalue weighted by Crippen LogP contribution is -2.49. The molecule has 0 bridgehead atoms. The van der Waals surface area contributed by atoms with Gasteiger partial charge in [-0.1, -0.05) is 6.07 Å². The molecule has 0 saturated carbocycles. The second kappa shape index (κ2) is 7.56. The zero-order valence-corrected chi connectivity index (χ0v) is 14.9. The van der Waals surface area contributed by atoms with Gasteiger partial charge >= 0.3 is 0 Å². The fourth-order valence-corrected chi connectivity index (χ4v) is 3.46. The van der Waals surface area contributed by atoms with E-state index in [-0.39, 0.29) is 24.3 Å². The molecule has 1 aliphatic heterocycles. The van der Waals surface area contributed by atoms with Gasteiger partial charge in [0, 0.05) is 30.5 Å². The van der Waals surface area contributed by atoms with Crippen molar-refractivity contribution in [2.75, 3.05) is 26.9 Å². The molecular formula is C19H25NO5. The van der Waals surface area contributed by atoms with Crippen LogP contribution in [-0.2, 0) is 20.7 Å². The first kappa shape index (κ1) is 17.9. The molecule has 1 aromatic carbocycles. The van der Waals surface area contributed by atoms with Crippen molar-refractivity contribution >= 4 is 16.9 Å². The van der Waals surface area contributed by atoms with Crippen LogP contribution in [0.3, 0.4) is 0 Å². The molecule has 2 aromatic rings. The highest BCUT2D eigenvalue weighted by molar-refractivity contribution is 5.90. The van der Waals surface area contributed by atoms with Gasteiger partial charge in [0.2, 0.25) is 5.91 Å². The maximum atomic E-state index is 12.3. The van der Waals surface area contributed by atoms with E-state index in [0.717, 1.165) is 27.7 Å². The standard InChI is InChI=1S/C19H25NO5/c1-11-4-12(2)18-13(9-25-15(18)5-11)6-17(21)20-7-14-8-24-10-16(23-3)19(14)22/h4-5,9,14,16,19,22H,6-8,10H2,1-3H3,(H,20,21)/t14-,16-,19+/m1/s1. The molecule has 0 unspecified atom stereocenters. The number of aliphatic hydroxyl groups is 1. The Bertz CT molecular complexity index is 754. The van der Waals surface area contributed by atoms with Gasteiger partial charge in [-0.3, -0.25) is 4.79 Å². The van der Waals surface area contributed by atoms with Crippen LogP contribution in [0.4, 0.5) is 0 Å². The van der Waals surface area contributed by atoms with E-state index >= 15 is 0 Å². The van der Waals surface area contributed by atoms with E-state index in [1.165, 1.54) is 0 Å². The van der Waals surface area contributed by atoms with Gasteiger partial charge in [0.15, 0.2) is 0 Å². The summed E-state index contributed by atoms with van der Waals surface area (Å²) in [7, 11) is 1.55. The third kappa shape index (κ3) is 3.86. The minimum absolute atomic E-state index is 0.102. The first-order valence-electron chi connectivity index (χ1n) is 8.52. The lowest BCUT2D eigenvalue weighted by Gasteiger charge is -2.33. The summed E-state index contributed by atoms with van der Waals surface area (Å²) in [5, 5.41) is 14.1. The second-order valence-electron chi connectivity index (χ2n) is 6.76. The maximum absolute atomic E-state index is 12.3. The molecule has 1 saturated heterocycles. The Morgan fingerprint density at radius 1 is 1.36 bits per heavy atom. The molecule has 0 radical (unpaired) electrons. The number of furan rings is 1. The van der Waals surface area contributed by atoms with E-state index in [1.54, 1.807) is 13.4 Å². The number of amides is 1. The third-order valence-corrected chi connectivity index (χ3v) is 4.79. The average molecular weight is 347 g/mol. The number of ether oxygens (including phenoxy) is 2. The summed E-state index contributed by atoms with van der Waals surface area (Å²) in [6, 6.07) is 4.06. The Labute approximate surface area is 147 Å². The van der Waals surface area contributed by atoms with Crippen molar-refractivity contribution < 1.29 is 23.8 Å². The number of benzene rings is 1. The van der Waals surface area contributed by atoms with Gasteiger partial charge in [-0.15, -0.1) is 0 Å². The Morgan fingerprint density at radius 3 is 2.92 bits per heavy atom. The minimum atomic E-state index is -0.640. The maximum Gasteiger partial charge on any atom is 0.224 e. The smallest absolute Gasteiger partial charge is 0.224 e. The monoisotopic (exact) mass is 347 g/mol. The zero-order valence-electron chi connectivity index (χ0n) is 14.9. The van der Waals surface area contributed by atoms with Crippen molar-refractivity contribution in [2.24, 2.45) is 5.92 Å². The van der Waals surface area contributed by atoms with Crippen LogP contribution < -0.4 is 5.32 Å². The summed E-state index contributed by atoms with van der Waals surface area (Å²) in [5.41, 5.74) is 3.92. The molecule has 3 atom stereocenters. The van der Waals surface area contributed by atoms with Crippen molar-refractivity contribution in [1.29, 1.82) is 0 Å². The molecule has 0 spiro atoms. The Morgan fingerprint density at radius 2 is 2.16 bits per heavy atom. The molecule has 1 fully saturated rings. The number of carbonyl (C=O) groups is 1. The highest BCUT2D eigenvalue weighted by atomic mass is 16.5. The summed E-state index contributed by atoms with van der Waals surface area (Å²) in [5.74, 6) is -0.275. The molecule has 136 valence electrons. The normalized spacial score (nSPS) is 23.8. The van der Waals surface area contributed by atoms with Gasteiger partial charge in [-0.2, -0.15) is 0 Å². The Kier molecular flexibility index (Phi) is 5.42. The van der Waals surface area contributed by atoms with E-state index in [1.807, 2.05) is 19.9 Å². The predicted octanol–water partition coefficient (Wildman–Crippen LogP) is 1.73. The Hall–Kier alpha value is -1.89. The summed E-state index contributed by atoms with van der Waals surface area (Å²) in [6.07, 6.45) is 0.906. The molecule has 3 rings (SSSR count). The van der Waals surface area contributed by atoms with Gasteiger partial charge in [0.25, 0.3) is 0 Å². The number of hydrogen-bond donors (Lipinski definition) is 2. The molecule has 1 aromatic heterocycles. The molecule has 1 amide bonds. The highest BCUT2D eigenvalue weighted by Crippen LogP contribution is 2.26. The molecule has 2 heterocycles. The lowest BCUT2D eigenvalue weighted by atomic mass is 9.96. The number of fused-ring (bicyclic) bond motifs is 1. The van der Waals surface area contributed by atoms with Gasteiger partial charge in [0.1, 0.15) is 11.7 Å². The van der Waals surface area contributed by atoms with E-state index in [9.17, 15) is 9.90 Å². The number of aryl methyl sites for hydroxylation is 2. The lowest BCUT2D eigenvalue weighted by molar-refractivity contribution is -0.136. The molecule has 6 heteroatoms. The van der Waals surface area contributed by atoms with Gasteiger partial charge in [0.05, 0.1) is 32.0 Å². The van der Waals surface area contributed by atoms with Crippen molar-refractivity contribution in [2.45, 2.75) is 32.5 Å². The molecule has 25 heavy (non-hydrogen) atoms. The van der Waals surface area contributed by atoms with Gasteiger partial charge < -0.3 is 24.3 Å². The van der Waals surface area contributed by atoms with Crippen molar-refractivity contribution in [3.05, 3.63) is 35.1 Å². The van der Waals surface area contributed by atoms with Crippen LogP contribution in [0.2, 0.25) is 0 Å². The van der Waals surface area contributed by atoms with Crippen LogP contribution in [-0.4, -0.2) is 50.1 Å². The summed E-state index contributed by atoms with van der Waals surface area (Å²) in [6.45, 7) is 5.18. The topological polar surface area (TPSA) is 80.9 Å². The SMILES string of the molecule is CO[C@@H]1COC[C@@H](CNC(=O)Cc2coc3cc(C)cc(C)c23)[C@@H]1O. The zero-order chi connectivity index (χ0) is 18.0. The summed E-state index contributed by atoms with van der Waals surface area (Å²) in [4.78, 5) is 12.3. The van der Waals surface area contributed by atoms with Crippen molar-refractivity contribution in [3.8, 4) is 0 Å². The van der Waals surface area contributed by atoms with E-state index in [4.69, 9.17) is 13.9 Å². The fraction of sp³-hybridized carbons (Fsp3) is 0.526. The molecular weight excluding hydrogens is 322 g/mol. The first-order valence-corrected chi connectivity index (χ1v) is 8.52. The number of hydrogen-bond acceptors (Lipinski definition) is 5. The molecule has 0 aliphatic carbocycles. The third-order valence-electron chi connectivity index (χ3n) is 4.79. The van der Waals surface area contributed by atoms with Crippen LogP contribution in [0, 0.1) is 19.8 Å². The predicted molar refractivity (Wildman–Crippen MR) is 93.5 cm³/mol. The molecule has 6 nitrogen and oxygen atoms in total. The number of rotatable bonds is 5. The quantitative estimate of drug-likeness (QED) is 0.861. The van der Waals surface area contributed by atoms with Crippen LogP contribution in [0.25, 0.3) is 11.0 Å². The summed E-state index contributed by atoms with van der Waals surface area (Å²) >= 11 is 0. The van der Waals surface area contributed by atoms with Crippen molar-refractivity contribution in [1.82, 2.24) is 5.32 Å². The largest absolute Gasteiger partial charge is 0.464 e. The average Bonchev–Trinajstić information content (AvgIpc) is 2.96. The second-order valence-corrected chi connectivity index (χ2v) is 6.76. The highest BCUT2D eigenvalue weighted by Gasteiger charge is 2.32. The summed E-state index contributed by atoms with van der Waals surface area (Å²) < 4.78 is 16.2. The van der Waals surface area contributed by atoms with Crippen molar-refractivity contribution in [3.63, 3.8) is 0 Å². The number of carbonyl (C=O) groups excluding carboxylic acids is 1. The van der Waals surface area contributed by atoms with E-state index in [2.05, 4.69) is 11.4 Å².